The predicted molar refractivity (Wildman–Crippen MR) is 107 cm³/mol. The van der Waals surface area contributed by atoms with Crippen LogP contribution in [0.25, 0.3) is 0 Å². The van der Waals surface area contributed by atoms with Crippen LogP contribution in [-0.2, 0) is 0 Å². The Labute approximate surface area is 161 Å². The first-order valence-electron chi connectivity index (χ1n) is 9.83. The largest absolute Gasteiger partial charge is 0.375 e. The number of anilines is 1. The lowest BCUT2D eigenvalue weighted by molar-refractivity contribution is 0.0947. The number of aromatic nitrogens is 3. The van der Waals surface area contributed by atoms with Gasteiger partial charge in [-0.25, -0.2) is 4.68 Å². The van der Waals surface area contributed by atoms with Gasteiger partial charge in [0.15, 0.2) is 5.69 Å². The van der Waals surface area contributed by atoms with E-state index < -0.39 is 0 Å². The molecule has 2 N–H and O–H groups in total. The van der Waals surface area contributed by atoms with Gasteiger partial charge >= 0.3 is 0 Å². The minimum absolute atomic E-state index is 0.121. The van der Waals surface area contributed by atoms with Crippen LogP contribution in [0.2, 0.25) is 0 Å². The predicted octanol–water partition coefficient (Wildman–Crippen LogP) is 2.16. The van der Waals surface area contributed by atoms with Gasteiger partial charge in [0.1, 0.15) is 0 Å². The zero-order chi connectivity index (χ0) is 19.1. The Morgan fingerprint density at radius 1 is 1.26 bits per heavy atom. The molecule has 1 fully saturated rings. The third-order valence-electron chi connectivity index (χ3n) is 5.20. The number of carbonyl (C=O) groups excluding carboxylic acids is 1. The Morgan fingerprint density at radius 2 is 2.00 bits per heavy atom. The molecule has 1 aromatic heterocycles. The maximum Gasteiger partial charge on any atom is 0.273 e. The van der Waals surface area contributed by atoms with Crippen molar-refractivity contribution in [2.75, 3.05) is 38.1 Å². The minimum atomic E-state index is -0.121. The summed E-state index contributed by atoms with van der Waals surface area (Å²) < 4.78 is 1.92. The third kappa shape index (κ3) is 5.07. The summed E-state index contributed by atoms with van der Waals surface area (Å²) in [7, 11) is 2.09. The second-order valence-corrected chi connectivity index (χ2v) is 7.17. The maximum atomic E-state index is 12.4. The molecular weight excluding hydrogens is 340 g/mol. The number of nitrogens with one attached hydrogen (secondary N) is 2. The first kappa shape index (κ1) is 19.4. The summed E-state index contributed by atoms with van der Waals surface area (Å²) >= 11 is 0. The summed E-state index contributed by atoms with van der Waals surface area (Å²) in [6, 6.07) is 10.7. The summed E-state index contributed by atoms with van der Waals surface area (Å²) in [6.45, 7) is 5.53. The number of amides is 1. The van der Waals surface area contributed by atoms with E-state index >= 15 is 0 Å². The van der Waals surface area contributed by atoms with Gasteiger partial charge in [-0.05, 0) is 57.8 Å². The Hall–Kier alpha value is -2.41. The molecule has 2 aromatic rings. The van der Waals surface area contributed by atoms with Gasteiger partial charge in [-0.15, -0.1) is 5.10 Å². The second kappa shape index (κ2) is 9.50. The summed E-state index contributed by atoms with van der Waals surface area (Å²) in [5, 5.41) is 14.7. The first-order chi connectivity index (χ1) is 13.2. The van der Waals surface area contributed by atoms with Crippen molar-refractivity contribution in [3.8, 4) is 0 Å². The van der Waals surface area contributed by atoms with Crippen LogP contribution in [0.15, 0.2) is 30.3 Å². The van der Waals surface area contributed by atoms with Crippen molar-refractivity contribution < 1.29 is 4.79 Å². The van der Waals surface area contributed by atoms with Crippen molar-refractivity contribution in [1.82, 2.24) is 25.6 Å². The average Bonchev–Trinajstić information content (AvgIpc) is 3.10. The van der Waals surface area contributed by atoms with Crippen molar-refractivity contribution in [3.63, 3.8) is 0 Å². The number of hydrogen-bond acceptors (Lipinski definition) is 5. The van der Waals surface area contributed by atoms with Crippen molar-refractivity contribution in [1.29, 1.82) is 0 Å². The molecule has 2 heterocycles. The third-order valence-corrected chi connectivity index (χ3v) is 5.20. The topological polar surface area (TPSA) is 75.1 Å². The molecule has 1 aliphatic rings. The molecule has 1 aliphatic heterocycles. The summed E-state index contributed by atoms with van der Waals surface area (Å²) in [6.07, 6.45) is 4.01. The number of hydrogen-bond donors (Lipinski definition) is 2. The van der Waals surface area contributed by atoms with Crippen molar-refractivity contribution in [2.45, 2.75) is 38.6 Å². The molecule has 0 radical (unpaired) electrons. The number of benzene rings is 1. The van der Waals surface area contributed by atoms with E-state index in [4.69, 9.17) is 0 Å². The zero-order valence-corrected chi connectivity index (χ0v) is 16.3. The number of carbonyl (C=O) groups is 1. The van der Waals surface area contributed by atoms with Gasteiger partial charge in [0.2, 0.25) is 0 Å². The smallest absolute Gasteiger partial charge is 0.273 e. The van der Waals surface area contributed by atoms with Gasteiger partial charge in [-0.3, -0.25) is 4.79 Å². The maximum absolute atomic E-state index is 12.4. The fourth-order valence-electron chi connectivity index (χ4n) is 3.52. The fourth-order valence-corrected chi connectivity index (χ4v) is 3.52. The van der Waals surface area contributed by atoms with Crippen LogP contribution in [0, 0.1) is 6.92 Å². The Bertz CT molecular complexity index is 723. The van der Waals surface area contributed by atoms with Crippen molar-refractivity contribution in [2.24, 2.45) is 0 Å². The molecule has 0 atom stereocenters. The molecule has 27 heavy (non-hydrogen) atoms. The molecule has 0 spiro atoms. The van der Waals surface area contributed by atoms with Crippen LogP contribution < -0.4 is 15.5 Å². The number of piperidine rings is 1. The van der Waals surface area contributed by atoms with Crippen LogP contribution in [0.5, 0.6) is 0 Å². The van der Waals surface area contributed by atoms with E-state index in [1.54, 1.807) is 0 Å². The lowest BCUT2D eigenvalue weighted by Gasteiger charge is -2.23. The first-order valence-corrected chi connectivity index (χ1v) is 9.83. The van der Waals surface area contributed by atoms with Crippen molar-refractivity contribution in [3.05, 3.63) is 41.7 Å². The quantitative estimate of drug-likeness (QED) is 0.697. The van der Waals surface area contributed by atoms with Crippen LogP contribution in [0.3, 0.4) is 0 Å². The highest BCUT2D eigenvalue weighted by Gasteiger charge is 2.22. The van der Waals surface area contributed by atoms with E-state index in [0.717, 1.165) is 51.0 Å². The number of para-hydroxylation sites is 1. The molecule has 1 aromatic carbocycles. The summed E-state index contributed by atoms with van der Waals surface area (Å²) in [5.74, 6) is -0.121. The van der Waals surface area contributed by atoms with Gasteiger partial charge in [-0.2, -0.15) is 0 Å². The molecule has 0 saturated carbocycles. The zero-order valence-electron chi connectivity index (χ0n) is 16.3. The van der Waals surface area contributed by atoms with Crippen LogP contribution in [0.4, 0.5) is 5.69 Å². The van der Waals surface area contributed by atoms with Gasteiger partial charge in [0.05, 0.1) is 11.7 Å². The molecule has 0 aliphatic carbocycles. The standard InChI is InChI=1S/C20H30N6O/c1-16-19(23-24-26(16)18-10-13-21-14-11-18)20(27)22-12-6-7-15-25(2)17-8-4-3-5-9-17/h3-5,8-9,18,21H,6-7,10-15H2,1-2H3,(H,22,27). The SMILES string of the molecule is Cc1c(C(=O)NCCCCN(C)c2ccccc2)nnn1C1CCNCC1. The molecule has 7 nitrogen and oxygen atoms in total. The van der Waals surface area contributed by atoms with E-state index in [0.29, 0.717) is 18.3 Å². The fraction of sp³-hybridized carbons (Fsp3) is 0.550. The number of rotatable bonds is 8. The molecule has 146 valence electrons. The van der Waals surface area contributed by atoms with E-state index in [2.05, 4.69) is 45.0 Å². The van der Waals surface area contributed by atoms with Gasteiger partial charge in [0.25, 0.3) is 5.91 Å². The molecule has 0 bridgehead atoms. The van der Waals surface area contributed by atoms with E-state index in [9.17, 15) is 4.79 Å². The van der Waals surface area contributed by atoms with E-state index in [1.165, 1.54) is 5.69 Å². The lowest BCUT2D eigenvalue weighted by Crippen LogP contribution is -2.30. The van der Waals surface area contributed by atoms with Crippen LogP contribution in [0.1, 0.15) is 47.9 Å². The lowest BCUT2D eigenvalue weighted by atomic mass is 10.1. The van der Waals surface area contributed by atoms with Gasteiger partial charge < -0.3 is 15.5 Å². The second-order valence-electron chi connectivity index (χ2n) is 7.17. The summed E-state index contributed by atoms with van der Waals surface area (Å²) in [5.41, 5.74) is 2.53. The molecule has 7 heteroatoms. The van der Waals surface area contributed by atoms with Crippen LogP contribution in [-0.4, -0.2) is 54.1 Å². The van der Waals surface area contributed by atoms with Crippen molar-refractivity contribution >= 4 is 11.6 Å². The van der Waals surface area contributed by atoms with Gasteiger partial charge in [0, 0.05) is 25.8 Å². The van der Waals surface area contributed by atoms with Gasteiger partial charge in [-0.1, -0.05) is 23.4 Å². The highest BCUT2D eigenvalue weighted by atomic mass is 16.2. The Balaban J connectivity index is 1.41. The number of unbranched alkanes of at least 4 members (excludes halogenated alkanes) is 1. The van der Waals surface area contributed by atoms with E-state index in [-0.39, 0.29) is 5.91 Å². The normalized spacial score (nSPS) is 14.9. The Morgan fingerprint density at radius 3 is 2.74 bits per heavy atom. The Kier molecular flexibility index (Phi) is 6.81. The highest BCUT2D eigenvalue weighted by molar-refractivity contribution is 5.93. The number of nitrogens with zero attached hydrogens (tertiary/aromatic N) is 4. The molecule has 1 amide bonds. The molecular formula is C20H30N6O. The summed E-state index contributed by atoms with van der Waals surface area (Å²) in [4.78, 5) is 14.7. The monoisotopic (exact) mass is 370 g/mol. The average molecular weight is 371 g/mol. The minimum Gasteiger partial charge on any atom is -0.375 e. The molecule has 3 rings (SSSR count). The highest BCUT2D eigenvalue weighted by Crippen LogP contribution is 2.20. The van der Waals surface area contributed by atoms with E-state index in [1.807, 2.05) is 29.8 Å². The van der Waals surface area contributed by atoms with Crippen LogP contribution >= 0.6 is 0 Å². The molecule has 1 saturated heterocycles. The molecule has 0 unspecified atom stereocenters.